The van der Waals surface area contributed by atoms with Gasteiger partial charge in [0, 0.05) is 6.42 Å². The van der Waals surface area contributed by atoms with Crippen molar-refractivity contribution in [2.45, 2.75) is 26.7 Å². The fraction of sp³-hybridized carbons (Fsp3) is 0.500. The summed E-state index contributed by atoms with van der Waals surface area (Å²) >= 11 is 0. The number of rotatable bonds is 5. The molecular weight excluding hydrogens is 152 g/mol. The van der Waals surface area contributed by atoms with Crippen LogP contribution in [0.4, 0.5) is 0 Å². The number of hydrogen-bond acceptors (Lipinski definition) is 1. The van der Waals surface area contributed by atoms with Crippen molar-refractivity contribution in [3.8, 4) is 0 Å². The lowest BCUT2D eigenvalue weighted by molar-refractivity contribution is -0.136. The third kappa shape index (κ3) is 7.06. The van der Waals surface area contributed by atoms with Gasteiger partial charge in [0.2, 0.25) is 0 Å². The van der Waals surface area contributed by atoms with Crippen LogP contribution in [0.25, 0.3) is 0 Å². The normalized spacial score (nSPS) is 10.9. The summed E-state index contributed by atoms with van der Waals surface area (Å²) in [7, 11) is 0. The summed E-state index contributed by atoms with van der Waals surface area (Å²) in [6, 6.07) is 0. The predicted molar refractivity (Wildman–Crippen MR) is 50.0 cm³/mol. The maximum absolute atomic E-state index is 10.2. The molecule has 0 unspecified atom stereocenters. The summed E-state index contributed by atoms with van der Waals surface area (Å²) in [4.78, 5) is 10.2. The van der Waals surface area contributed by atoms with Gasteiger partial charge in [0.1, 0.15) is 0 Å². The number of carbonyl (C=O) groups is 1. The lowest BCUT2D eigenvalue weighted by atomic mass is 10.1. The van der Waals surface area contributed by atoms with E-state index in [4.69, 9.17) is 5.11 Å². The van der Waals surface area contributed by atoms with Crippen molar-refractivity contribution in [3.63, 3.8) is 0 Å². The van der Waals surface area contributed by atoms with Gasteiger partial charge in [0.15, 0.2) is 0 Å². The summed E-state index contributed by atoms with van der Waals surface area (Å²) in [6.07, 6.45) is 4.62. The molecule has 0 radical (unpaired) electrons. The van der Waals surface area contributed by atoms with E-state index in [0.29, 0.717) is 12.3 Å². The third-order valence-electron chi connectivity index (χ3n) is 1.38. The van der Waals surface area contributed by atoms with Crippen molar-refractivity contribution in [3.05, 3.63) is 24.3 Å². The van der Waals surface area contributed by atoms with Gasteiger partial charge in [-0.05, 0) is 12.3 Å². The molecule has 1 N–H and O–H groups in total. The fourth-order valence-corrected chi connectivity index (χ4v) is 0.679. The van der Waals surface area contributed by atoms with Crippen LogP contribution in [0.15, 0.2) is 24.3 Å². The molecule has 0 aromatic carbocycles. The number of carboxylic acids is 1. The molecule has 0 spiro atoms. The Morgan fingerprint density at radius 1 is 1.50 bits per heavy atom. The minimum Gasteiger partial charge on any atom is -0.481 e. The number of aliphatic carboxylic acids is 1. The van der Waals surface area contributed by atoms with Crippen LogP contribution >= 0.6 is 0 Å². The summed E-state index contributed by atoms with van der Waals surface area (Å²) < 4.78 is 0. The Balaban J connectivity index is 3.67. The van der Waals surface area contributed by atoms with Gasteiger partial charge in [-0.2, -0.15) is 0 Å². The van der Waals surface area contributed by atoms with Crippen molar-refractivity contribution in [2.75, 3.05) is 0 Å². The number of allylic oxidation sites excluding steroid dienone is 3. The van der Waals surface area contributed by atoms with Gasteiger partial charge in [-0.3, -0.25) is 4.79 Å². The molecule has 0 saturated heterocycles. The van der Waals surface area contributed by atoms with Gasteiger partial charge in [0.25, 0.3) is 0 Å². The average Bonchev–Trinajstić information content (AvgIpc) is 1.96. The van der Waals surface area contributed by atoms with E-state index >= 15 is 0 Å². The molecule has 0 aliphatic rings. The van der Waals surface area contributed by atoms with Gasteiger partial charge in [-0.15, -0.1) is 0 Å². The number of hydrogen-bond donors (Lipinski definition) is 1. The molecule has 0 aliphatic heterocycles. The molecule has 2 nitrogen and oxygen atoms in total. The monoisotopic (exact) mass is 168 g/mol. The summed E-state index contributed by atoms with van der Waals surface area (Å²) in [5, 5.41) is 8.37. The van der Waals surface area contributed by atoms with E-state index < -0.39 is 5.97 Å². The maximum atomic E-state index is 10.2. The molecule has 0 aromatic rings. The zero-order valence-electron chi connectivity index (χ0n) is 7.71. The van der Waals surface area contributed by atoms with Gasteiger partial charge in [-0.25, -0.2) is 0 Å². The minimum atomic E-state index is -0.769. The van der Waals surface area contributed by atoms with Crippen LogP contribution in [0.5, 0.6) is 0 Å². The van der Waals surface area contributed by atoms with E-state index in [9.17, 15) is 4.79 Å². The average molecular weight is 168 g/mol. The van der Waals surface area contributed by atoms with Gasteiger partial charge < -0.3 is 5.11 Å². The smallest absolute Gasteiger partial charge is 0.303 e. The van der Waals surface area contributed by atoms with Crippen molar-refractivity contribution in [1.29, 1.82) is 0 Å². The van der Waals surface area contributed by atoms with Crippen LogP contribution in [-0.4, -0.2) is 11.1 Å². The van der Waals surface area contributed by atoms with Gasteiger partial charge >= 0.3 is 5.97 Å². The Kier molecular flexibility index (Phi) is 5.09. The second-order valence-corrected chi connectivity index (χ2v) is 3.16. The van der Waals surface area contributed by atoms with Gasteiger partial charge in [-0.1, -0.05) is 38.2 Å². The molecule has 0 aliphatic carbocycles. The van der Waals surface area contributed by atoms with Crippen molar-refractivity contribution in [2.24, 2.45) is 5.92 Å². The standard InChI is InChI=1S/C10H16O2/c1-8(2)4-5-9(3)6-7-10(11)12/h4-5,8H,3,6-7H2,1-2H3,(H,11,12). The first-order valence-electron chi connectivity index (χ1n) is 4.10. The molecule has 68 valence electrons. The summed E-state index contributed by atoms with van der Waals surface area (Å²) in [5.74, 6) is -0.277. The van der Waals surface area contributed by atoms with Crippen molar-refractivity contribution in [1.82, 2.24) is 0 Å². The zero-order chi connectivity index (χ0) is 9.56. The minimum absolute atomic E-state index is 0.168. The molecule has 2 heteroatoms. The lowest BCUT2D eigenvalue weighted by Crippen LogP contribution is -1.94. The molecular formula is C10H16O2. The van der Waals surface area contributed by atoms with Crippen molar-refractivity contribution >= 4 is 5.97 Å². The van der Waals surface area contributed by atoms with Gasteiger partial charge in [0.05, 0.1) is 0 Å². The largest absolute Gasteiger partial charge is 0.481 e. The highest BCUT2D eigenvalue weighted by Gasteiger charge is 1.96. The fourth-order valence-electron chi connectivity index (χ4n) is 0.679. The molecule has 0 aromatic heterocycles. The number of carboxylic acid groups (broad SMARTS) is 1. The Labute approximate surface area is 73.6 Å². The Hall–Kier alpha value is -1.05. The molecule has 0 bridgehead atoms. The van der Waals surface area contributed by atoms with Crippen molar-refractivity contribution < 1.29 is 9.90 Å². The summed E-state index contributed by atoms with van der Waals surface area (Å²) in [5.41, 5.74) is 0.881. The van der Waals surface area contributed by atoms with Crippen LogP contribution in [0.2, 0.25) is 0 Å². The third-order valence-corrected chi connectivity index (χ3v) is 1.38. The first-order valence-corrected chi connectivity index (χ1v) is 4.10. The molecule has 0 amide bonds. The highest BCUT2D eigenvalue weighted by Crippen LogP contribution is 2.05. The highest BCUT2D eigenvalue weighted by molar-refractivity contribution is 5.67. The molecule has 0 atom stereocenters. The van der Waals surface area contributed by atoms with E-state index in [1.54, 1.807) is 0 Å². The van der Waals surface area contributed by atoms with Crippen LogP contribution in [0.3, 0.4) is 0 Å². The quantitative estimate of drug-likeness (QED) is 0.641. The van der Waals surface area contributed by atoms with E-state index in [-0.39, 0.29) is 6.42 Å². The Morgan fingerprint density at radius 3 is 2.50 bits per heavy atom. The zero-order valence-corrected chi connectivity index (χ0v) is 7.71. The predicted octanol–water partition coefficient (Wildman–Crippen LogP) is 2.62. The highest BCUT2D eigenvalue weighted by atomic mass is 16.4. The van der Waals surface area contributed by atoms with Crippen LogP contribution in [0.1, 0.15) is 26.7 Å². The van der Waals surface area contributed by atoms with E-state index in [2.05, 4.69) is 20.4 Å². The van der Waals surface area contributed by atoms with Crippen LogP contribution in [0, 0.1) is 5.92 Å². The second-order valence-electron chi connectivity index (χ2n) is 3.16. The lowest BCUT2D eigenvalue weighted by Gasteiger charge is -1.97. The molecule has 0 rings (SSSR count). The first-order chi connectivity index (χ1) is 5.52. The maximum Gasteiger partial charge on any atom is 0.303 e. The Bertz CT molecular complexity index is 190. The summed E-state index contributed by atoms with van der Waals surface area (Å²) in [6.45, 7) is 7.89. The van der Waals surface area contributed by atoms with E-state index in [0.717, 1.165) is 5.57 Å². The molecule has 0 heterocycles. The first kappa shape index (κ1) is 11.0. The van der Waals surface area contributed by atoms with Crippen LogP contribution < -0.4 is 0 Å². The van der Waals surface area contributed by atoms with Crippen LogP contribution in [-0.2, 0) is 4.79 Å². The molecule has 12 heavy (non-hydrogen) atoms. The molecule has 0 saturated carbocycles. The topological polar surface area (TPSA) is 37.3 Å². The second kappa shape index (κ2) is 5.58. The van der Waals surface area contributed by atoms with E-state index in [1.165, 1.54) is 0 Å². The SMILES string of the molecule is C=C(C=CC(C)C)CCC(=O)O. The Morgan fingerprint density at radius 2 is 2.08 bits per heavy atom. The molecule has 0 fully saturated rings. The van der Waals surface area contributed by atoms with E-state index in [1.807, 2.05) is 12.2 Å².